The molecule has 0 fully saturated rings. The summed E-state index contributed by atoms with van der Waals surface area (Å²) in [5.41, 5.74) is 0.502. The van der Waals surface area contributed by atoms with Gasteiger partial charge in [0.1, 0.15) is 5.75 Å². The molecule has 0 unspecified atom stereocenters. The predicted molar refractivity (Wildman–Crippen MR) is 58.8 cm³/mol. The van der Waals surface area contributed by atoms with E-state index in [9.17, 15) is 4.79 Å². The van der Waals surface area contributed by atoms with Gasteiger partial charge in [0.05, 0.1) is 19.3 Å². The van der Waals surface area contributed by atoms with Crippen molar-refractivity contribution in [1.82, 2.24) is 0 Å². The number of ether oxygens (including phenoxy) is 2. The maximum Gasteiger partial charge on any atom is 0.168 e. The van der Waals surface area contributed by atoms with Gasteiger partial charge in [-0.05, 0) is 18.2 Å². The molecular weight excluding hydrogens is 216 g/mol. The van der Waals surface area contributed by atoms with Gasteiger partial charge in [0, 0.05) is 18.6 Å². The van der Waals surface area contributed by atoms with Crippen molar-refractivity contribution in [3.8, 4) is 5.75 Å². The summed E-state index contributed by atoms with van der Waals surface area (Å²) in [5, 5.41) is 0.525. The number of methoxy groups -OCH3 is 2. The molecule has 82 valence electrons. The van der Waals surface area contributed by atoms with E-state index < -0.39 is 0 Å². The number of halogens is 1. The summed E-state index contributed by atoms with van der Waals surface area (Å²) < 4.78 is 9.92. The molecule has 0 radical (unpaired) electrons. The number of hydrogen-bond donors (Lipinski definition) is 0. The zero-order valence-electron chi connectivity index (χ0n) is 8.75. The van der Waals surface area contributed by atoms with E-state index in [1.807, 2.05) is 0 Å². The summed E-state index contributed by atoms with van der Waals surface area (Å²) in [4.78, 5) is 11.7. The van der Waals surface area contributed by atoms with E-state index in [1.165, 1.54) is 7.11 Å². The van der Waals surface area contributed by atoms with Crippen LogP contribution in [0.5, 0.6) is 5.75 Å². The molecule has 0 saturated heterocycles. The Labute approximate surface area is 93.9 Å². The van der Waals surface area contributed by atoms with Crippen LogP contribution >= 0.6 is 11.6 Å². The van der Waals surface area contributed by atoms with Crippen molar-refractivity contribution in [2.45, 2.75) is 6.42 Å². The van der Waals surface area contributed by atoms with Crippen LogP contribution in [0.25, 0.3) is 0 Å². The average molecular weight is 229 g/mol. The van der Waals surface area contributed by atoms with Crippen molar-refractivity contribution in [3.63, 3.8) is 0 Å². The Morgan fingerprint density at radius 3 is 2.73 bits per heavy atom. The van der Waals surface area contributed by atoms with Crippen molar-refractivity contribution in [2.75, 3.05) is 20.8 Å². The van der Waals surface area contributed by atoms with E-state index in [1.54, 1.807) is 25.3 Å². The van der Waals surface area contributed by atoms with Gasteiger partial charge >= 0.3 is 0 Å². The molecule has 0 heterocycles. The van der Waals surface area contributed by atoms with Crippen LogP contribution in [0.3, 0.4) is 0 Å². The molecule has 1 aromatic rings. The summed E-state index contributed by atoms with van der Waals surface area (Å²) in [6, 6.07) is 4.98. The molecule has 0 aliphatic rings. The predicted octanol–water partition coefficient (Wildman–Crippen LogP) is 2.57. The summed E-state index contributed by atoms with van der Waals surface area (Å²) >= 11 is 5.81. The summed E-state index contributed by atoms with van der Waals surface area (Å²) in [5.74, 6) is 0.511. The number of carbonyl (C=O) groups excluding carboxylic acids is 1. The van der Waals surface area contributed by atoms with Crippen LogP contribution < -0.4 is 4.74 Å². The second-order valence-electron chi connectivity index (χ2n) is 3.01. The zero-order valence-corrected chi connectivity index (χ0v) is 9.50. The molecule has 15 heavy (non-hydrogen) atoms. The molecule has 0 saturated carbocycles. The van der Waals surface area contributed by atoms with Crippen molar-refractivity contribution in [2.24, 2.45) is 0 Å². The van der Waals surface area contributed by atoms with E-state index in [-0.39, 0.29) is 5.78 Å². The van der Waals surface area contributed by atoms with Crippen LogP contribution in [0.1, 0.15) is 16.8 Å². The van der Waals surface area contributed by atoms with Gasteiger partial charge in [-0.2, -0.15) is 0 Å². The van der Waals surface area contributed by atoms with Crippen molar-refractivity contribution in [1.29, 1.82) is 0 Å². The van der Waals surface area contributed by atoms with Gasteiger partial charge in [-0.1, -0.05) is 11.6 Å². The van der Waals surface area contributed by atoms with Gasteiger partial charge < -0.3 is 9.47 Å². The van der Waals surface area contributed by atoms with E-state index in [0.29, 0.717) is 29.4 Å². The lowest BCUT2D eigenvalue weighted by Crippen LogP contribution is -2.05. The molecule has 0 aromatic heterocycles. The number of hydrogen-bond acceptors (Lipinski definition) is 3. The maximum atomic E-state index is 11.7. The first kappa shape index (κ1) is 12.0. The first-order valence-electron chi connectivity index (χ1n) is 4.54. The van der Waals surface area contributed by atoms with Crippen LogP contribution in [0.15, 0.2) is 18.2 Å². The second kappa shape index (κ2) is 5.73. The van der Waals surface area contributed by atoms with Gasteiger partial charge in [-0.25, -0.2) is 0 Å². The van der Waals surface area contributed by atoms with Gasteiger partial charge in [-0.3, -0.25) is 4.79 Å². The van der Waals surface area contributed by atoms with Gasteiger partial charge in [0.2, 0.25) is 0 Å². The van der Waals surface area contributed by atoms with Crippen LogP contribution in [-0.4, -0.2) is 26.6 Å². The molecule has 1 rings (SSSR count). The van der Waals surface area contributed by atoms with Gasteiger partial charge in [0.15, 0.2) is 5.78 Å². The standard InChI is InChI=1S/C11H13ClO3/c1-14-6-5-10(13)9-7-8(12)3-4-11(9)15-2/h3-4,7H,5-6H2,1-2H3. The Morgan fingerprint density at radius 2 is 2.13 bits per heavy atom. The number of benzene rings is 1. The minimum atomic E-state index is -0.0313. The number of ketones is 1. The fourth-order valence-electron chi connectivity index (χ4n) is 1.23. The second-order valence-corrected chi connectivity index (χ2v) is 3.45. The Hall–Kier alpha value is -1.06. The highest BCUT2D eigenvalue weighted by Crippen LogP contribution is 2.23. The quantitative estimate of drug-likeness (QED) is 0.727. The Balaban J connectivity index is 2.90. The van der Waals surface area contributed by atoms with Crippen LogP contribution in [0, 0.1) is 0 Å². The Morgan fingerprint density at radius 1 is 1.40 bits per heavy atom. The summed E-state index contributed by atoms with van der Waals surface area (Å²) in [6.07, 6.45) is 0.327. The minimum absolute atomic E-state index is 0.0313. The first-order valence-corrected chi connectivity index (χ1v) is 4.92. The van der Waals surface area contributed by atoms with Gasteiger partial charge in [0.25, 0.3) is 0 Å². The number of rotatable bonds is 5. The molecule has 0 atom stereocenters. The van der Waals surface area contributed by atoms with E-state index in [4.69, 9.17) is 21.1 Å². The Bertz CT molecular complexity index is 350. The normalized spacial score (nSPS) is 10.1. The highest BCUT2D eigenvalue weighted by molar-refractivity contribution is 6.31. The lowest BCUT2D eigenvalue weighted by atomic mass is 10.1. The lowest BCUT2D eigenvalue weighted by Gasteiger charge is -2.07. The highest BCUT2D eigenvalue weighted by Gasteiger charge is 2.12. The summed E-state index contributed by atoms with van der Waals surface area (Å²) in [7, 11) is 3.08. The summed E-state index contributed by atoms with van der Waals surface area (Å²) in [6.45, 7) is 0.397. The van der Waals surface area contributed by atoms with E-state index in [0.717, 1.165) is 0 Å². The minimum Gasteiger partial charge on any atom is -0.496 e. The molecule has 0 aliphatic carbocycles. The highest BCUT2D eigenvalue weighted by atomic mass is 35.5. The van der Waals surface area contributed by atoms with Crippen molar-refractivity contribution in [3.05, 3.63) is 28.8 Å². The van der Waals surface area contributed by atoms with Crippen molar-refractivity contribution >= 4 is 17.4 Å². The molecule has 0 aliphatic heterocycles. The molecule has 3 nitrogen and oxygen atoms in total. The maximum absolute atomic E-state index is 11.7. The van der Waals surface area contributed by atoms with E-state index >= 15 is 0 Å². The SMILES string of the molecule is COCCC(=O)c1cc(Cl)ccc1OC. The third-order valence-electron chi connectivity index (χ3n) is 2.00. The molecular formula is C11H13ClO3. The molecule has 0 spiro atoms. The third-order valence-corrected chi connectivity index (χ3v) is 2.23. The molecule has 4 heteroatoms. The van der Waals surface area contributed by atoms with Crippen LogP contribution in [-0.2, 0) is 4.74 Å². The van der Waals surface area contributed by atoms with Crippen LogP contribution in [0.4, 0.5) is 0 Å². The lowest BCUT2D eigenvalue weighted by molar-refractivity contribution is 0.0929. The largest absolute Gasteiger partial charge is 0.496 e. The molecule has 0 bridgehead atoms. The average Bonchev–Trinajstić information content (AvgIpc) is 2.25. The first-order chi connectivity index (χ1) is 7.19. The monoisotopic (exact) mass is 228 g/mol. The molecule has 1 aromatic carbocycles. The fourth-order valence-corrected chi connectivity index (χ4v) is 1.40. The smallest absolute Gasteiger partial charge is 0.168 e. The van der Waals surface area contributed by atoms with E-state index in [2.05, 4.69) is 0 Å². The number of carbonyl (C=O) groups is 1. The molecule has 0 amide bonds. The third kappa shape index (κ3) is 3.22. The Kier molecular flexibility index (Phi) is 4.59. The van der Waals surface area contributed by atoms with Gasteiger partial charge in [-0.15, -0.1) is 0 Å². The topological polar surface area (TPSA) is 35.5 Å². The molecule has 0 N–H and O–H groups in total. The zero-order chi connectivity index (χ0) is 11.3. The van der Waals surface area contributed by atoms with Crippen molar-refractivity contribution < 1.29 is 14.3 Å². The van der Waals surface area contributed by atoms with Crippen LogP contribution in [0.2, 0.25) is 5.02 Å². The number of Topliss-reactive ketones (excluding diaryl/α,β-unsaturated/α-hetero) is 1. The fraction of sp³-hybridized carbons (Fsp3) is 0.364.